The van der Waals surface area contributed by atoms with Gasteiger partial charge in [-0.15, -0.1) is 0 Å². The number of aryl methyl sites for hydroxylation is 2. The van der Waals surface area contributed by atoms with Gasteiger partial charge in [0.2, 0.25) is 0 Å². The molecule has 102 valence electrons. The fourth-order valence-corrected chi connectivity index (χ4v) is 2.24. The molecule has 0 amide bonds. The Bertz CT molecular complexity index is 549. The van der Waals surface area contributed by atoms with Gasteiger partial charge in [-0.2, -0.15) is 5.10 Å². The number of rotatable bonds is 5. The first kappa shape index (κ1) is 13.9. The molecule has 4 nitrogen and oxygen atoms in total. The van der Waals surface area contributed by atoms with Crippen LogP contribution in [0, 0.1) is 6.92 Å². The Morgan fingerprint density at radius 2 is 1.74 bits per heavy atom. The molecule has 0 saturated heterocycles. The van der Waals surface area contributed by atoms with E-state index in [1.165, 1.54) is 0 Å². The molecule has 0 N–H and O–H groups in total. The summed E-state index contributed by atoms with van der Waals surface area (Å²) in [4.78, 5) is 0. The summed E-state index contributed by atoms with van der Waals surface area (Å²) < 4.78 is 14.0. The number of aromatic nitrogens is 2. The van der Waals surface area contributed by atoms with E-state index in [9.17, 15) is 0 Å². The molecule has 0 atom stereocenters. The van der Waals surface area contributed by atoms with Crippen LogP contribution in [0.25, 0.3) is 0 Å². The van der Waals surface area contributed by atoms with Crippen LogP contribution in [0.15, 0.2) is 28.7 Å². The van der Waals surface area contributed by atoms with Gasteiger partial charge in [-0.05, 0) is 54.0 Å². The Morgan fingerprint density at radius 1 is 1.16 bits per heavy atom. The molecule has 1 aromatic heterocycles. The SMILES string of the molecule is CCOc1ccc(OCc2c(Br)c(C)nn2C)cc1. The molecule has 0 aliphatic heterocycles. The van der Waals surface area contributed by atoms with Crippen molar-refractivity contribution in [2.75, 3.05) is 6.61 Å². The lowest BCUT2D eigenvalue weighted by atomic mass is 10.3. The Hall–Kier alpha value is -1.49. The highest BCUT2D eigenvalue weighted by Crippen LogP contribution is 2.23. The van der Waals surface area contributed by atoms with Crippen LogP contribution >= 0.6 is 15.9 Å². The normalized spacial score (nSPS) is 10.5. The highest BCUT2D eigenvalue weighted by atomic mass is 79.9. The summed E-state index contributed by atoms with van der Waals surface area (Å²) >= 11 is 3.52. The van der Waals surface area contributed by atoms with Crippen LogP contribution < -0.4 is 9.47 Å². The first-order chi connectivity index (χ1) is 9.11. The van der Waals surface area contributed by atoms with E-state index in [-0.39, 0.29) is 0 Å². The van der Waals surface area contributed by atoms with E-state index in [2.05, 4.69) is 21.0 Å². The molecule has 0 saturated carbocycles. The van der Waals surface area contributed by atoms with Gasteiger partial charge in [0.25, 0.3) is 0 Å². The van der Waals surface area contributed by atoms with Crippen molar-refractivity contribution in [3.63, 3.8) is 0 Å². The zero-order valence-electron chi connectivity index (χ0n) is 11.3. The Morgan fingerprint density at radius 3 is 2.21 bits per heavy atom. The average molecular weight is 325 g/mol. The maximum atomic E-state index is 5.75. The van der Waals surface area contributed by atoms with Crippen molar-refractivity contribution in [2.45, 2.75) is 20.5 Å². The van der Waals surface area contributed by atoms with Gasteiger partial charge in [0.05, 0.1) is 22.5 Å². The smallest absolute Gasteiger partial charge is 0.131 e. The molecule has 0 aliphatic carbocycles. The number of hydrogen-bond acceptors (Lipinski definition) is 3. The van der Waals surface area contributed by atoms with Gasteiger partial charge in [0.15, 0.2) is 0 Å². The van der Waals surface area contributed by atoms with Crippen LogP contribution in [-0.2, 0) is 13.7 Å². The van der Waals surface area contributed by atoms with Crippen LogP contribution in [0.4, 0.5) is 0 Å². The Labute approximate surface area is 121 Å². The van der Waals surface area contributed by atoms with Crippen molar-refractivity contribution in [3.05, 3.63) is 40.1 Å². The molecule has 5 heteroatoms. The molecule has 0 bridgehead atoms. The largest absolute Gasteiger partial charge is 0.494 e. The van der Waals surface area contributed by atoms with Crippen LogP contribution in [0.1, 0.15) is 18.3 Å². The van der Waals surface area contributed by atoms with Crippen molar-refractivity contribution in [3.8, 4) is 11.5 Å². The number of hydrogen-bond donors (Lipinski definition) is 0. The zero-order valence-corrected chi connectivity index (χ0v) is 12.9. The van der Waals surface area contributed by atoms with E-state index in [0.29, 0.717) is 13.2 Å². The third-order valence-electron chi connectivity index (χ3n) is 2.77. The number of ether oxygens (including phenoxy) is 2. The predicted octanol–water partition coefficient (Wildman–Crippen LogP) is 3.47. The molecular formula is C14H17BrN2O2. The Balaban J connectivity index is 2.02. The van der Waals surface area contributed by atoms with E-state index < -0.39 is 0 Å². The fraction of sp³-hybridized carbons (Fsp3) is 0.357. The van der Waals surface area contributed by atoms with Gasteiger partial charge in [-0.25, -0.2) is 0 Å². The third kappa shape index (κ3) is 3.29. The summed E-state index contributed by atoms with van der Waals surface area (Å²) in [7, 11) is 1.91. The number of benzene rings is 1. The van der Waals surface area contributed by atoms with Gasteiger partial charge < -0.3 is 9.47 Å². The monoisotopic (exact) mass is 324 g/mol. The van der Waals surface area contributed by atoms with E-state index in [1.807, 2.05) is 49.8 Å². The standard InChI is InChI=1S/C14H17BrN2O2/c1-4-18-11-5-7-12(8-6-11)19-9-13-14(15)10(2)16-17(13)3/h5-8H,4,9H2,1-3H3. The minimum Gasteiger partial charge on any atom is -0.494 e. The summed E-state index contributed by atoms with van der Waals surface area (Å²) in [6, 6.07) is 7.62. The lowest BCUT2D eigenvalue weighted by Gasteiger charge is -2.08. The van der Waals surface area contributed by atoms with E-state index in [4.69, 9.17) is 9.47 Å². The molecule has 0 spiro atoms. The zero-order chi connectivity index (χ0) is 13.8. The van der Waals surface area contributed by atoms with Crippen LogP contribution in [-0.4, -0.2) is 16.4 Å². The number of halogens is 1. The quantitative estimate of drug-likeness (QED) is 0.844. The molecule has 0 unspecified atom stereocenters. The van der Waals surface area contributed by atoms with Gasteiger partial charge in [-0.1, -0.05) is 0 Å². The molecular weight excluding hydrogens is 308 g/mol. The first-order valence-electron chi connectivity index (χ1n) is 6.15. The lowest BCUT2D eigenvalue weighted by molar-refractivity contribution is 0.292. The summed E-state index contributed by atoms with van der Waals surface area (Å²) in [6.45, 7) is 5.07. The highest BCUT2D eigenvalue weighted by molar-refractivity contribution is 9.10. The summed E-state index contributed by atoms with van der Waals surface area (Å²) in [5, 5.41) is 4.33. The van der Waals surface area contributed by atoms with Gasteiger partial charge in [0.1, 0.15) is 18.1 Å². The minimum absolute atomic E-state index is 0.478. The second-order valence-corrected chi connectivity index (χ2v) is 4.96. The topological polar surface area (TPSA) is 36.3 Å². The average Bonchev–Trinajstić information content (AvgIpc) is 2.64. The molecule has 0 aliphatic rings. The predicted molar refractivity (Wildman–Crippen MR) is 77.6 cm³/mol. The number of nitrogens with zero attached hydrogens (tertiary/aromatic N) is 2. The van der Waals surface area contributed by atoms with Gasteiger partial charge >= 0.3 is 0 Å². The Kier molecular flexibility index (Phi) is 4.47. The molecule has 1 aromatic carbocycles. The van der Waals surface area contributed by atoms with Crippen LogP contribution in [0.2, 0.25) is 0 Å². The van der Waals surface area contributed by atoms with E-state index in [0.717, 1.165) is 27.4 Å². The van der Waals surface area contributed by atoms with Gasteiger partial charge in [-0.3, -0.25) is 4.68 Å². The van der Waals surface area contributed by atoms with Crippen molar-refractivity contribution in [1.82, 2.24) is 9.78 Å². The second-order valence-electron chi connectivity index (χ2n) is 4.16. The molecule has 2 aromatic rings. The minimum atomic E-state index is 0.478. The second kappa shape index (κ2) is 6.10. The lowest BCUT2D eigenvalue weighted by Crippen LogP contribution is -2.03. The molecule has 1 heterocycles. The molecule has 0 radical (unpaired) electrons. The van der Waals surface area contributed by atoms with Gasteiger partial charge in [0, 0.05) is 7.05 Å². The summed E-state index contributed by atoms with van der Waals surface area (Å²) in [5.41, 5.74) is 1.99. The molecule has 0 fully saturated rings. The van der Waals surface area contributed by atoms with Crippen molar-refractivity contribution >= 4 is 15.9 Å². The maximum Gasteiger partial charge on any atom is 0.131 e. The summed E-state index contributed by atoms with van der Waals surface area (Å²) in [6.07, 6.45) is 0. The van der Waals surface area contributed by atoms with Crippen molar-refractivity contribution in [1.29, 1.82) is 0 Å². The molecule has 2 rings (SSSR count). The van der Waals surface area contributed by atoms with Crippen molar-refractivity contribution in [2.24, 2.45) is 7.05 Å². The maximum absolute atomic E-state index is 5.75. The summed E-state index contributed by atoms with van der Waals surface area (Å²) in [5.74, 6) is 1.67. The molecule has 19 heavy (non-hydrogen) atoms. The fourth-order valence-electron chi connectivity index (χ4n) is 1.79. The highest BCUT2D eigenvalue weighted by Gasteiger charge is 2.10. The third-order valence-corrected chi connectivity index (χ3v) is 3.80. The van der Waals surface area contributed by atoms with Crippen LogP contribution in [0.3, 0.4) is 0 Å². The first-order valence-corrected chi connectivity index (χ1v) is 6.94. The van der Waals surface area contributed by atoms with E-state index in [1.54, 1.807) is 0 Å². The van der Waals surface area contributed by atoms with E-state index >= 15 is 0 Å². The van der Waals surface area contributed by atoms with Crippen molar-refractivity contribution < 1.29 is 9.47 Å². The van der Waals surface area contributed by atoms with Crippen LogP contribution in [0.5, 0.6) is 11.5 Å².